The Kier molecular flexibility index (Phi) is 9.48. The van der Waals surface area contributed by atoms with E-state index in [0.717, 1.165) is 74.0 Å². The Morgan fingerprint density at radius 2 is 1.55 bits per heavy atom. The van der Waals surface area contributed by atoms with Crippen LogP contribution in [0.15, 0.2) is 42.5 Å². The lowest BCUT2D eigenvalue weighted by Crippen LogP contribution is -2.46. The molecule has 3 amide bonds. The van der Waals surface area contributed by atoms with E-state index in [1.807, 2.05) is 32.0 Å². The molecule has 3 aromatic rings. The number of rotatable bonds is 8. The van der Waals surface area contributed by atoms with Crippen LogP contribution in [0.25, 0.3) is 0 Å². The van der Waals surface area contributed by atoms with E-state index < -0.39 is 11.9 Å². The van der Waals surface area contributed by atoms with Gasteiger partial charge in [-0.3, -0.25) is 19.3 Å². The fraction of sp³-hybridized carbons (Fsp3) is 0.438. The summed E-state index contributed by atoms with van der Waals surface area (Å²) in [6, 6.07) is 11.8. The molecule has 4 N–H and O–H groups in total. The summed E-state index contributed by atoms with van der Waals surface area (Å²) in [7, 11) is 0. The van der Waals surface area contributed by atoms with Crippen LogP contribution in [0.2, 0.25) is 5.02 Å². The normalized spacial score (nSPS) is 16.6. The van der Waals surface area contributed by atoms with Crippen LogP contribution < -0.4 is 21.3 Å². The van der Waals surface area contributed by atoms with Crippen molar-refractivity contribution < 1.29 is 14.4 Å². The Morgan fingerprint density at radius 3 is 2.21 bits per heavy atom. The zero-order valence-corrected chi connectivity index (χ0v) is 25.7. The molecular weight excluding hydrogens is 570 g/mol. The van der Waals surface area contributed by atoms with E-state index in [0.29, 0.717) is 16.3 Å². The standard InChI is InChI=1S/C32H38ClN5O3S/c1-19-9-8-14-25(20(19)2)38(28(21-15-17-22(33)18-16-21)31(40)36-24-12-6-7-13-24)32(41)29-26(34)27(37-42-29)30(39)35-23-10-4-3-5-11-23/h8-9,14-18,23-24,28H,3-7,10-13,34H2,1-2H3,(H,35,39)(H,36,40). The first-order chi connectivity index (χ1) is 20.2. The highest BCUT2D eigenvalue weighted by Gasteiger charge is 2.38. The molecule has 1 aromatic heterocycles. The van der Waals surface area contributed by atoms with Gasteiger partial charge in [0.15, 0.2) is 5.69 Å². The van der Waals surface area contributed by atoms with E-state index >= 15 is 0 Å². The first-order valence-electron chi connectivity index (χ1n) is 14.8. The lowest BCUT2D eigenvalue weighted by atomic mass is 9.95. The van der Waals surface area contributed by atoms with Gasteiger partial charge in [-0.05, 0) is 86.0 Å². The van der Waals surface area contributed by atoms with Crippen LogP contribution in [0.3, 0.4) is 0 Å². The van der Waals surface area contributed by atoms with E-state index in [1.54, 1.807) is 24.3 Å². The van der Waals surface area contributed by atoms with Gasteiger partial charge in [-0.15, -0.1) is 0 Å². The van der Waals surface area contributed by atoms with Crippen molar-refractivity contribution >= 4 is 52.2 Å². The van der Waals surface area contributed by atoms with Crippen molar-refractivity contribution in [3.8, 4) is 0 Å². The van der Waals surface area contributed by atoms with Crippen molar-refractivity contribution in [2.75, 3.05) is 10.6 Å². The second-order valence-corrected chi connectivity index (χ2v) is 12.6. The lowest BCUT2D eigenvalue weighted by molar-refractivity contribution is -0.123. The largest absolute Gasteiger partial charge is 0.395 e. The molecule has 1 atom stereocenters. The summed E-state index contributed by atoms with van der Waals surface area (Å²) in [6.07, 6.45) is 9.05. The summed E-state index contributed by atoms with van der Waals surface area (Å²) in [5.41, 5.74) is 9.59. The molecule has 5 rings (SSSR count). The van der Waals surface area contributed by atoms with Crippen molar-refractivity contribution in [2.45, 2.75) is 89.8 Å². The monoisotopic (exact) mass is 607 g/mol. The van der Waals surface area contributed by atoms with Gasteiger partial charge in [0, 0.05) is 22.8 Å². The third kappa shape index (κ3) is 6.47. The number of halogens is 1. The number of hydrogen-bond donors (Lipinski definition) is 3. The van der Waals surface area contributed by atoms with Crippen LogP contribution in [0.5, 0.6) is 0 Å². The van der Waals surface area contributed by atoms with Crippen LogP contribution in [0.1, 0.15) is 101 Å². The SMILES string of the molecule is Cc1cccc(N(C(=O)c2snc(C(=O)NC3CCCCC3)c2N)C(C(=O)NC2CCCC2)c2ccc(Cl)cc2)c1C. The molecule has 0 aliphatic heterocycles. The Bertz CT molecular complexity index is 1440. The number of hydrogen-bond acceptors (Lipinski definition) is 6. The van der Waals surface area contributed by atoms with Gasteiger partial charge in [0.1, 0.15) is 10.9 Å². The molecule has 1 heterocycles. The van der Waals surface area contributed by atoms with Crippen molar-refractivity contribution in [1.82, 2.24) is 15.0 Å². The van der Waals surface area contributed by atoms with E-state index in [-0.39, 0.29) is 40.2 Å². The first-order valence-corrected chi connectivity index (χ1v) is 15.9. The zero-order valence-electron chi connectivity index (χ0n) is 24.1. The molecule has 0 bridgehead atoms. The number of amides is 3. The lowest BCUT2D eigenvalue weighted by Gasteiger charge is -2.33. The Labute approximate surface area is 256 Å². The van der Waals surface area contributed by atoms with Crippen LogP contribution in [0, 0.1) is 13.8 Å². The number of anilines is 2. The van der Waals surface area contributed by atoms with Gasteiger partial charge in [0.05, 0.1) is 5.69 Å². The zero-order chi connectivity index (χ0) is 29.8. The molecule has 42 heavy (non-hydrogen) atoms. The van der Waals surface area contributed by atoms with Gasteiger partial charge >= 0.3 is 0 Å². The fourth-order valence-electron chi connectivity index (χ4n) is 6.00. The highest BCUT2D eigenvalue weighted by Crippen LogP contribution is 2.36. The first kappa shape index (κ1) is 30.0. The molecule has 2 aliphatic carbocycles. The quantitative estimate of drug-likeness (QED) is 0.270. The molecule has 2 aliphatic rings. The fourth-order valence-corrected chi connectivity index (χ4v) is 6.86. The van der Waals surface area contributed by atoms with Crippen LogP contribution in [0.4, 0.5) is 11.4 Å². The van der Waals surface area contributed by atoms with Gasteiger partial charge in [-0.2, -0.15) is 4.37 Å². The molecule has 2 saturated carbocycles. The Morgan fingerprint density at radius 1 is 0.929 bits per heavy atom. The molecule has 2 aromatic carbocycles. The highest BCUT2D eigenvalue weighted by molar-refractivity contribution is 7.09. The smallest absolute Gasteiger partial charge is 0.273 e. The van der Waals surface area contributed by atoms with E-state index in [2.05, 4.69) is 15.0 Å². The number of nitrogens with one attached hydrogen (secondary N) is 2. The minimum atomic E-state index is -1.00. The van der Waals surface area contributed by atoms with E-state index in [9.17, 15) is 14.4 Å². The molecule has 0 radical (unpaired) electrons. The second-order valence-electron chi connectivity index (χ2n) is 11.4. The summed E-state index contributed by atoms with van der Waals surface area (Å²) < 4.78 is 4.33. The van der Waals surface area contributed by atoms with Crippen LogP contribution >= 0.6 is 23.1 Å². The van der Waals surface area contributed by atoms with Gasteiger partial charge < -0.3 is 16.4 Å². The third-order valence-corrected chi connectivity index (χ3v) is 9.63. The van der Waals surface area contributed by atoms with Crippen molar-refractivity contribution in [3.05, 3.63) is 74.7 Å². The number of benzene rings is 2. The number of carbonyl (C=O) groups is 3. The number of nitrogens with zero attached hydrogens (tertiary/aromatic N) is 2. The van der Waals surface area contributed by atoms with Gasteiger partial charge in [0.2, 0.25) is 5.91 Å². The van der Waals surface area contributed by atoms with Crippen molar-refractivity contribution in [2.24, 2.45) is 0 Å². The molecule has 222 valence electrons. The summed E-state index contributed by atoms with van der Waals surface area (Å²) in [5.74, 6) is -1.14. The number of aromatic nitrogens is 1. The maximum atomic E-state index is 14.6. The van der Waals surface area contributed by atoms with Crippen molar-refractivity contribution in [1.29, 1.82) is 0 Å². The summed E-state index contributed by atoms with van der Waals surface area (Å²) in [6.45, 7) is 3.89. The summed E-state index contributed by atoms with van der Waals surface area (Å²) in [4.78, 5) is 43.4. The number of nitrogen functional groups attached to an aromatic ring is 1. The van der Waals surface area contributed by atoms with Gasteiger partial charge in [-0.25, -0.2) is 0 Å². The van der Waals surface area contributed by atoms with Crippen molar-refractivity contribution in [3.63, 3.8) is 0 Å². The molecule has 10 heteroatoms. The topological polar surface area (TPSA) is 117 Å². The third-order valence-electron chi connectivity index (χ3n) is 8.53. The number of carbonyl (C=O) groups excluding carboxylic acids is 3. The minimum Gasteiger partial charge on any atom is -0.395 e. The van der Waals surface area contributed by atoms with Gasteiger partial charge in [0.25, 0.3) is 11.8 Å². The summed E-state index contributed by atoms with van der Waals surface area (Å²) in [5, 5.41) is 6.76. The van der Waals surface area contributed by atoms with Crippen LogP contribution in [-0.2, 0) is 4.79 Å². The predicted octanol–water partition coefficient (Wildman–Crippen LogP) is 6.50. The maximum Gasteiger partial charge on any atom is 0.273 e. The Balaban J connectivity index is 1.56. The second kappa shape index (κ2) is 13.3. The number of nitrogens with two attached hydrogens (primary N) is 1. The average Bonchev–Trinajstić information content (AvgIpc) is 3.64. The molecule has 0 saturated heterocycles. The molecule has 2 fully saturated rings. The maximum absolute atomic E-state index is 14.6. The molecule has 1 unspecified atom stereocenters. The minimum absolute atomic E-state index is 0.0275. The molecule has 0 spiro atoms. The molecule has 8 nitrogen and oxygen atoms in total. The Hall–Kier alpha value is -3.43. The van der Waals surface area contributed by atoms with Gasteiger partial charge in [-0.1, -0.05) is 68.0 Å². The average molecular weight is 608 g/mol. The van der Waals surface area contributed by atoms with E-state index in [1.165, 1.54) is 11.3 Å². The van der Waals surface area contributed by atoms with Crippen LogP contribution in [-0.4, -0.2) is 34.2 Å². The summed E-state index contributed by atoms with van der Waals surface area (Å²) >= 11 is 7.10. The molecular formula is C32H38ClN5O3S. The predicted molar refractivity (Wildman–Crippen MR) is 168 cm³/mol. The highest BCUT2D eigenvalue weighted by atomic mass is 35.5. The van der Waals surface area contributed by atoms with E-state index in [4.69, 9.17) is 17.3 Å². The number of aryl methyl sites for hydroxylation is 1.